The molecule has 98 valence electrons. The third-order valence-electron chi connectivity index (χ3n) is 1.94. The number of nitrogens with one attached hydrogen (secondary N) is 2. The summed E-state index contributed by atoms with van der Waals surface area (Å²) in [6.07, 6.45) is -1.07. The van der Waals surface area contributed by atoms with Crippen LogP contribution >= 0.6 is 11.3 Å². The molecule has 0 spiro atoms. The van der Waals surface area contributed by atoms with E-state index < -0.39 is 23.5 Å². The Morgan fingerprint density at radius 1 is 1.33 bits per heavy atom. The zero-order valence-electron chi connectivity index (χ0n) is 9.85. The second-order valence-electron chi connectivity index (χ2n) is 3.82. The molecule has 0 aliphatic rings. The minimum atomic E-state index is -1.46. The lowest BCUT2D eigenvalue weighted by Gasteiger charge is -2.22. The first-order valence-corrected chi connectivity index (χ1v) is 5.83. The summed E-state index contributed by atoms with van der Waals surface area (Å²) < 4.78 is 4.60. The lowest BCUT2D eigenvalue weighted by atomic mass is 10.1. The van der Waals surface area contributed by atoms with Gasteiger partial charge in [0.25, 0.3) is 11.8 Å². The van der Waals surface area contributed by atoms with Crippen molar-refractivity contribution in [2.75, 3.05) is 0 Å². The molecule has 0 aliphatic carbocycles. The molecule has 0 unspecified atom stereocenters. The van der Waals surface area contributed by atoms with Gasteiger partial charge in [-0.1, -0.05) is 6.07 Å². The van der Waals surface area contributed by atoms with E-state index in [9.17, 15) is 14.4 Å². The Hall–Kier alpha value is -2.09. The van der Waals surface area contributed by atoms with Crippen molar-refractivity contribution in [3.63, 3.8) is 0 Å². The third kappa shape index (κ3) is 3.74. The van der Waals surface area contributed by atoms with Gasteiger partial charge in [0.15, 0.2) is 5.60 Å². The van der Waals surface area contributed by atoms with Gasteiger partial charge in [-0.3, -0.25) is 20.4 Å². The standard InChI is InChI=1S/C10H13N3O4S/c1-10(2,17-9(11)16)8(15)13-12-7(14)6-4-3-5-18-6/h3-5H,1-2H3,(H2,11,16)(H,12,14)(H,13,15). The fourth-order valence-electron chi connectivity index (χ4n) is 1.03. The van der Waals surface area contributed by atoms with E-state index in [2.05, 4.69) is 15.6 Å². The molecular weight excluding hydrogens is 258 g/mol. The van der Waals surface area contributed by atoms with E-state index in [0.29, 0.717) is 4.88 Å². The molecule has 1 aromatic heterocycles. The van der Waals surface area contributed by atoms with E-state index in [1.165, 1.54) is 25.2 Å². The zero-order chi connectivity index (χ0) is 13.8. The van der Waals surface area contributed by atoms with Gasteiger partial charge in [-0.05, 0) is 25.3 Å². The molecular formula is C10H13N3O4S. The first-order valence-electron chi connectivity index (χ1n) is 4.95. The van der Waals surface area contributed by atoms with Gasteiger partial charge in [0, 0.05) is 0 Å². The molecule has 4 N–H and O–H groups in total. The molecule has 7 nitrogen and oxygen atoms in total. The van der Waals surface area contributed by atoms with E-state index in [4.69, 9.17) is 5.73 Å². The summed E-state index contributed by atoms with van der Waals surface area (Å²) in [5.74, 6) is -1.14. The van der Waals surface area contributed by atoms with Crippen molar-refractivity contribution in [1.82, 2.24) is 10.9 Å². The van der Waals surface area contributed by atoms with Crippen LogP contribution in [0, 0.1) is 0 Å². The van der Waals surface area contributed by atoms with Gasteiger partial charge in [-0.15, -0.1) is 11.3 Å². The zero-order valence-corrected chi connectivity index (χ0v) is 10.7. The smallest absolute Gasteiger partial charge is 0.405 e. The molecule has 1 heterocycles. The van der Waals surface area contributed by atoms with Crippen molar-refractivity contribution in [3.8, 4) is 0 Å². The second kappa shape index (κ2) is 5.50. The van der Waals surface area contributed by atoms with Gasteiger partial charge in [0.2, 0.25) is 0 Å². The summed E-state index contributed by atoms with van der Waals surface area (Å²) in [5, 5.41) is 1.73. The van der Waals surface area contributed by atoms with E-state index >= 15 is 0 Å². The van der Waals surface area contributed by atoms with Crippen LogP contribution in [0.3, 0.4) is 0 Å². The number of primary amides is 1. The van der Waals surface area contributed by atoms with Gasteiger partial charge >= 0.3 is 6.09 Å². The number of hydrogen-bond acceptors (Lipinski definition) is 5. The van der Waals surface area contributed by atoms with Crippen LogP contribution in [0.25, 0.3) is 0 Å². The van der Waals surface area contributed by atoms with Crippen LogP contribution < -0.4 is 16.6 Å². The molecule has 0 atom stereocenters. The molecule has 18 heavy (non-hydrogen) atoms. The van der Waals surface area contributed by atoms with Crippen LogP contribution in [0.2, 0.25) is 0 Å². The predicted octanol–water partition coefficient (Wildman–Crippen LogP) is 0.383. The Morgan fingerprint density at radius 3 is 2.50 bits per heavy atom. The van der Waals surface area contributed by atoms with Crippen LogP contribution in [-0.2, 0) is 9.53 Å². The Balaban J connectivity index is 2.51. The highest BCUT2D eigenvalue weighted by molar-refractivity contribution is 7.12. The average molecular weight is 271 g/mol. The monoisotopic (exact) mass is 271 g/mol. The molecule has 3 amide bonds. The van der Waals surface area contributed by atoms with E-state index in [-0.39, 0.29) is 0 Å². The molecule has 1 rings (SSSR count). The highest BCUT2D eigenvalue weighted by atomic mass is 32.1. The second-order valence-corrected chi connectivity index (χ2v) is 4.76. The van der Waals surface area contributed by atoms with Crippen molar-refractivity contribution in [2.24, 2.45) is 5.73 Å². The minimum absolute atomic E-state index is 0.448. The summed E-state index contributed by atoms with van der Waals surface area (Å²) in [7, 11) is 0. The highest BCUT2D eigenvalue weighted by Gasteiger charge is 2.31. The maximum Gasteiger partial charge on any atom is 0.405 e. The van der Waals surface area contributed by atoms with Crippen molar-refractivity contribution in [1.29, 1.82) is 0 Å². The van der Waals surface area contributed by atoms with Gasteiger partial charge < -0.3 is 10.5 Å². The predicted molar refractivity (Wildman–Crippen MR) is 64.7 cm³/mol. The lowest BCUT2D eigenvalue weighted by molar-refractivity contribution is -0.137. The van der Waals surface area contributed by atoms with Crippen LogP contribution in [0.15, 0.2) is 17.5 Å². The van der Waals surface area contributed by atoms with Crippen LogP contribution in [0.1, 0.15) is 23.5 Å². The number of thiophene rings is 1. The van der Waals surface area contributed by atoms with Crippen LogP contribution in [0.5, 0.6) is 0 Å². The third-order valence-corrected chi connectivity index (χ3v) is 2.81. The Bertz CT molecular complexity index is 456. The van der Waals surface area contributed by atoms with Crippen LogP contribution in [-0.4, -0.2) is 23.5 Å². The van der Waals surface area contributed by atoms with Gasteiger partial charge in [-0.25, -0.2) is 4.79 Å². The molecule has 0 aliphatic heterocycles. The van der Waals surface area contributed by atoms with Crippen molar-refractivity contribution < 1.29 is 19.1 Å². The van der Waals surface area contributed by atoms with Gasteiger partial charge in [-0.2, -0.15) is 0 Å². The number of carbonyl (C=O) groups is 3. The average Bonchev–Trinajstić information content (AvgIpc) is 2.76. The molecule has 0 saturated carbocycles. The summed E-state index contributed by atoms with van der Waals surface area (Å²) in [6.45, 7) is 2.70. The molecule has 0 bridgehead atoms. The van der Waals surface area contributed by atoms with Crippen molar-refractivity contribution in [3.05, 3.63) is 22.4 Å². The number of amides is 3. The van der Waals surface area contributed by atoms with Gasteiger partial charge in [0.05, 0.1) is 4.88 Å². The fraction of sp³-hybridized carbons (Fsp3) is 0.300. The Kier molecular flexibility index (Phi) is 4.27. The number of rotatable bonds is 3. The first kappa shape index (κ1) is 14.0. The summed E-state index contributed by atoms with van der Waals surface area (Å²) in [4.78, 5) is 34.2. The number of hydrazine groups is 1. The topological polar surface area (TPSA) is 111 Å². The molecule has 1 aromatic rings. The molecule has 8 heteroatoms. The van der Waals surface area contributed by atoms with Gasteiger partial charge in [0.1, 0.15) is 0 Å². The Morgan fingerprint density at radius 2 is 2.00 bits per heavy atom. The molecule has 0 saturated heterocycles. The number of nitrogens with two attached hydrogens (primary N) is 1. The van der Waals surface area contributed by atoms with E-state index in [1.54, 1.807) is 17.5 Å². The summed E-state index contributed by atoms with van der Waals surface area (Å²) in [5.41, 5.74) is 7.71. The number of hydrogen-bond donors (Lipinski definition) is 3. The maximum absolute atomic E-state index is 11.6. The fourth-order valence-corrected chi connectivity index (χ4v) is 1.65. The summed E-state index contributed by atoms with van der Waals surface area (Å²) in [6, 6.07) is 3.32. The first-order chi connectivity index (χ1) is 8.33. The van der Waals surface area contributed by atoms with Crippen molar-refractivity contribution in [2.45, 2.75) is 19.4 Å². The molecule has 0 radical (unpaired) electrons. The van der Waals surface area contributed by atoms with Crippen LogP contribution in [0.4, 0.5) is 4.79 Å². The normalized spacial score (nSPS) is 10.6. The molecule has 0 aromatic carbocycles. The lowest BCUT2D eigenvalue weighted by Crippen LogP contribution is -2.52. The Labute approximate surface area is 107 Å². The van der Waals surface area contributed by atoms with Crippen molar-refractivity contribution >= 4 is 29.2 Å². The largest absolute Gasteiger partial charge is 0.433 e. The quantitative estimate of drug-likeness (QED) is 0.690. The molecule has 0 fully saturated rings. The minimum Gasteiger partial charge on any atom is -0.433 e. The maximum atomic E-state index is 11.6. The number of ether oxygens (including phenoxy) is 1. The SMILES string of the molecule is CC(C)(OC(N)=O)C(=O)NNC(=O)c1cccs1. The summed E-state index contributed by atoms with van der Waals surface area (Å²) >= 11 is 1.23. The van der Waals surface area contributed by atoms with E-state index in [1.807, 2.05) is 0 Å². The number of carbonyl (C=O) groups excluding carboxylic acids is 3. The highest BCUT2D eigenvalue weighted by Crippen LogP contribution is 2.09. The van der Waals surface area contributed by atoms with E-state index in [0.717, 1.165) is 0 Å².